The molecule has 0 bridgehead atoms. The van der Waals surface area contributed by atoms with Gasteiger partial charge in [-0.3, -0.25) is 4.79 Å². The lowest BCUT2D eigenvalue weighted by Gasteiger charge is -2.32. The van der Waals surface area contributed by atoms with Crippen LogP contribution in [0.3, 0.4) is 0 Å². The topological polar surface area (TPSA) is 32.3 Å². The fourth-order valence-electron chi connectivity index (χ4n) is 2.59. The number of hydrogen-bond donors (Lipinski definition) is 1. The highest BCUT2D eigenvalue weighted by atomic mass is 79.9. The average molecular weight is 398 g/mol. The predicted molar refractivity (Wildman–Crippen MR) is 88.5 cm³/mol. The summed E-state index contributed by atoms with van der Waals surface area (Å²) in [5.74, 6) is -1.67. The van der Waals surface area contributed by atoms with Crippen molar-refractivity contribution in [3.8, 4) is 0 Å². The van der Waals surface area contributed by atoms with Crippen molar-refractivity contribution in [3.63, 3.8) is 0 Å². The normalized spacial score (nSPS) is 15.5. The zero-order chi connectivity index (χ0) is 15.4. The first-order chi connectivity index (χ1) is 10.0. The zero-order valence-corrected chi connectivity index (χ0v) is 14.8. The Labute approximate surface area is 144 Å². The monoisotopic (exact) mass is 396 g/mol. The Hall–Kier alpha value is -0.720. The van der Waals surface area contributed by atoms with Crippen molar-refractivity contribution < 1.29 is 13.6 Å². The summed E-state index contributed by atoms with van der Waals surface area (Å²) in [7, 11) is 0. The summed E-state index contributed by atoms with van der Waals surface area (Å²) in [6.45, 7) is 5.00. The number of hydrogen-bond acceptors (Lipinski definition) is 2. The van der Waals surface area contributed by atoms with E-state index in [1.165, 1.54) is 4.90 Å². The van der Waals surface area contributed by atoms with Crippen molar-refractivity contribution in [2.24, 2.45) is 5.92 Å². The number of halogens is 4. The van der Waals surface area contributed by atoms with Gasteiger partial charge >= 0.3 is 0 Å². The number of carbonyl (C=O) groups is 1. The van der Waals surface area contributed by atoms with Gasteiger partial charge in [-0.15, -0.1) is 12.4 Å². The Bertz CT molecular complexity index is 499. The minimum Gasteiger partial charge on any atom is -0.338 e. The van der Waals surface area contributed by atoms with Crippen molar-refractivity contribution in [2.75, 3.05) is 26.2 Å². The fourth-order valence-corrected chi connectivity index (χ4v) is 3.00. The van der Waals surface area contributed by atoms with Crippen molar-refractivity contribution in [3.05, 3.63) is 33.8 Å². The van der Waals surface area contributed by atoms with E-state index in [-0.39, 0.29) is 12.4 Å². The van der Waals surface area contributed by atoms with Gasteiger partial charge in [0.2, 0.25) is 0 Å². The molecule has 0 aliphatic carbocycles. The molecule has 7 heteroatoms. The Balaban J connectivity index is 0.00000242. The highest BCUT2D eigenvalue weighted by Gasteiger charge is 2.27. The van der Waals surface area contributed by atoms with Crippen LogP contribution >= 0.6 is 28.3 Å². The second-order valence-corrected chi connectivity index (χ2v) is 6.20. The van der Waals surface area contributed by atoms with Gasteiger partial charge in [0.25, 0.3) is 5.91 Å². The molecule has 0 atom stereocenters. The summed E-state index contributed by atoms with van der Waals surface area (Å²) in [5.41, 5.74) is -0.455. The van der Waals surface area contributed by atoms with Gasteiger partial charge in [-0.05, 0) is 44.0 Å². The van der Waals surface area contributed by atoms with E-state index in [2.05, 4.69) is 28.2 Å². The SMILES string of the molecule is CCNCC1CCN(C(=O)c2c(F)cc(Br)cc2F)CC1.Cl. The van der Waals surface area contributed by atoms with Crippen LogP contribution < -0.4 is 5.32 Å². The highest BCUT2D eigenvalue weighted by Crippen LogP contribution is 2.23. The summed E-state index contributed by atoms with van der Waals surface area (Å²) in [6, 6.07) is 2.24. The number of rotatable bonds is 4. The summed E-state index contributed by atoms with van der Waals surface area (Å²) in [6.07, 6.45) is 1.72. The van der Waals surface area contributed by atoms with Crippen LogP contribution in [0, 0.1) is 17.6 Å². The van der Waals surface area contributed by atoms with Crippen molar-refractivity contribution >= 4 is 34.2 Å². The lowest BCUT2D eigenvalue weighted by Crippen LogP contribution is -2.41. The quantitative estimate of drug-likeness (QED) is 0.842. The van der Waals surface area contributed by atoms with E-state index >= 15 is 0 Å². The lowest BCUT2D eigenvalue weighted by molar-refractivity contribution is 0.0680. The molecule has 124 valence electrons. The third-order valence-corrected chi connectivity index (χ3v) is 4.26. The molecular weight excluding hydrogens is 378 g/mol. The largest absolute Gasteiger partial charge is 0.338 e. The van der Waals surface area contributed by atoms with E-state index in [0.29, 0.717) is 23.5 Å². The van der Waals surface area contributed by atoms with E-state index in [1.807, 2.05) is 0 Å². The molecule has 1 amide bonds. The predicted octanol–water partition coefficient (Wildman–Crippen LogP) is 3.61. The maximum absolute atomic E-state index is 13.8. The van der Waals surface area contributed by atoms with Crippen LogP contribution in [0.1, 0.15) is 30.1 Å². The maximum Gasteiger partial charge on any atom is 0.259 e. The molecule has 0 spiro atoms. The number of nitrogens with zero attached hydrogens (tertiary/aromatic N) is 1. The molecule has 0 unspecified atom stereocenters. The van der Waals surface area contributed by atoms with Gasteiger partial charge in [-0.1, -0.05) is 22.9 Å². The van der Waals surface area contributed by atoms with Gasteiger partial charge in [0.1, 0.15) is 17.2 Å². The number of amides is 1. The Kier molecular flexibility index (Phi) is 7.72. The maximum atomic E-state index is 13.8. The molecule has 1 heterocycles. The number of likely N-dealkylation sites (tertiary alicyclic amines) is 1. The minimum atomic E-state index is -0.818. The van der Waals surface area contributed by atoms with E-state index in [9.17, 15) is 13.6 Å². The van der Waals surface area contributed by atoms with Crippen LogP contribution in [0.2, 0.25) is 0 Å². The molecule has 0 radical (unpaired) electrons. The molecule has 1 fully saturated rings. The summed E-state index contributed by atoms with van der Waals surface area (Å²) >= 11 is 3.01. The van der Waals surface area contributed by atoms with Gasteiger partial charge in [0, 0.05) is 17.6 Å². The van der Waals surface area contributed by atoms with E-state index in [4.69, 9.17) is 0 Å². The Morgan fingerprint density at radius 2 is 1.86 bits per heavy atom. The number of piperidine rings is 1. The lowest BCUT2D eigenvalue weighted by atomic mass is 9.96. The van der Waals surface area contributed by atoms with Gasteiger partial charge in [0.15, 0.2) is 0 Å². The van der Waals surface area contributed by atoms with Crippen LogP contribution in [0.5, 0.6) is 0 Å². The average Bonchev–Trinajstić information content (AvgIpc) is 2.44. The number of carbonyl (C=O) groups excluding carboxylic acids is 1. The van der Waals surface area contributed by atoms with Gasteiger partial charge in [0.05, 0.1) is 0 Å². The van der Waals surface area contributed by atoms with E-state index in [1.54, 1.807) is 0 Å². The number of nitrogens with one attached hydrogen (secondary N) is 1. The third-order valence-electron chi connectivity index (χ3n) is 3.81. The summed E-state index contributed by atoms with van der Waals surface area (Å²) < 4.78 is 28.0. The summed E-state index contributed by atoms with van der Waals surface area (Å²) in [5, 5.41) is 3.29. The molecule has 1 N–H and O–H groups in total. The van der Waals surface area contributed by atoms with Crippen LogP contribution in [-0.4, -0.2) is 37.0 Å². The van der Waals surface area contributed by atoms with Gasteiger partial charge in [-0.25, -0.2) is 8.78 Å². The molecule has 0 saturated carbocycles. The first-order valence-electron chi connectivity index (χ1n) is 7.17. The highest BCUT2D eigenvalue weighted by molar-refractivity contribution is 9.10. The van der Waals surface area contributed by atoms with Gasteiger partial charge in [-0.2, -0.15) is 0 Å². The Morgan fingerprint density at radius 3 is 2.36 bits per heavy atom. The molecule has 1 saturated heterocycles. The molecule has 22 heavy (non-hydrogen) atoms. The van der Waals surface area contributed by atoms with Crippen LogP contribution in [0.4, 0.5) is 8.78 Å². The second kappa shape index (κ2) is 8.79. The van der Waals surface area contributed by atoms with E-state index in [0.717, 1.165) is 38.1 Å². The zero-order valence-electron chi connectivity index (χ0n) is 12.4. The second-order valence-electron chi connectivity index (χ2n) is 5.29. The van der Waals surface area contributed by atoms with E-state index < -0.39 is 23.1 Å². The third kappa shape index (κ3) is 4.64. The molecule has 2 rings (SSSR count). The fraction of sp³-hybridized carbons (Fsp3) is 0.533. The minimum absolute atomic E-state index is 0. The smallest absolute Gasteiger partial charge is 0.259 e. The van der Waals surface area contributed by atoms with Crippen LogP contribution in [0.25, 0.3) is 0 Å². The van der Waals surface area contributed by atoms with Crippen molar-refractivity contribution in [2.45, 2.75) is 19.8 Å². The van der Waals surface area contributed by atoms with Gasteiger partial charge < -0.3 is 10.2 Å². The van der Waals surface area contributed by atoms with Crippen molar-refractivity contribution in [1.29, 1.82) is 0 Å². The molecular formula is C15H20BrClF2N2O. The molecule has 1 aromatic rings. The number of benzene rings is 1. The standard InChI is InChI=1S/C15H19BrF2N2O.ClH/c1-2-19-9-10-3-5-20(6-4-10)15(21)14-12(17)7-11(16)8-13(14)18;/h7-8,10,19H,2-6,9H2,1H3;1H. The van der Waals surface area contributed by atoms with Crippen molar-refractivity contribution in [1.82, 2.24) is 10.2 Å². The molecule has 1 aliphatic rings. The van der Waals surface area contributed by atoms with Crippen LogP contribution in [-0.2, 0) is 0 Å². The first kappa shape index (κ1) is 19.3. The molecule has 1 aromatic carbocycles. The molecule has 3 nitrogen and oxygen atoms in total. The molecule has 1 aliphatic heterocycles. The Morgan fingerprint density at radius 1 is 1.32 bits per heavy atom. The van der Waals surface area contributed by atoms with Crippen LogP contribution in [0.15, 0.2) is 16.6 Å². The summed E-state index contributed by atoms with van der Waals surface area (Å²) in [4.78, 5) is 13.8. The molecule has 0 aromatic heterocycles. The first-order valence-corrected chi connectivity index (χ1v) is 7.96.